The number of nitrogens with zero attached hydrogens (tertiary/aromatic N) is 4. The molecular weight excluding hydrogens is 468 g/mol. The van der Waals surface area contributed by atoms with Crippen LogP contribution in [-0.2, 0) is 16.9 Å². The summed E-state index contributed by atoms with van der Waals surface area (Å²) < 4.78 is 25.7. The van der Waals surface area contributed by atoms with E-state index in [0.29, 0.717) is 17.0 Å². The summed E-state index contributed by atoms with van der Waals surface area (Å²) >= 11 is 0. The Labute approximate surface area is 214 Å². The summed E-state index contributed by atoms with van der Waals surface area (Å²) in [6.45, 7) is 10.0. The Morgan fingerprint density at radius 3 is 2.19 bits per heavy atom. The third-order valence-corrected chi connectivity index (χ3v) is 8.51. The lowest BCUT2D eigenvalue weighted by Crippen LogP contribution is -2.54. The minimum atomic E-state index is -3.22. The van der Waals surface area contributed by atoms with Gasteiger partial charge in [0, 0.05) is 62.5 Å². The molecule has 0 saturated carbocycles. The molecule has 0 N–H and O–H groups in total. The Kier molecular flexibility index (Phi) is 6.39. The van der Waals surface area contributed by atoms with Crippen molar-refractivity contribution in [2.75, 3.05) is 30.8 Å². The minimum absolute atomic E-state index is 0.324. The Bertz CT molecular complexity index is 1490. The first-order valence-electron chi connectivity index (χ1n) is 12.5. The van der Waals surface area contributed by atoms with Crippen molar-refractivity contribution < 1.29 is 8.42 Å². The van der Waals surface area contributed by atoms with Crippen LogP contribution >= 0.6 is 0 Å². The molecule has 0 unspecified atom stereocenters. The van der Waals surface area contributed by atoms with Crippen LogP contribution in [0.4, 0.5) is 5.69 Å². The highest BCUT2D eigenvalue weighted by Gasteiger charge is 2.25. The van der Waals surface area contributed by atoms with E-state index >= 15 is 0 Å². The van der Waals surface area contributed by atoms with Crippen molar-refractivity contribution >= 4 is 26.6 Å². The smallest absolute Gasteiger partial charge is 0.175 e. The monoisotopic (exact) mass is 502 g/mol. The zero-order valence-electron chi connectivity index (χ0n) is 21.6. The van der Waals surface area contributed by atoms with Gasteiger partial charge in [-0.2, -0.15) is 0 Å². The van der Waals surface area contributed by atoms with Crippen molar-refractivity contribution in [1.29, 1.82) is 0 Å². The largest absolute Gasteiger partial charge is 0.369 e. The van der Waals surface area contributed by atoms with Crippen molar-refractivity contribution in [3.63, 3.8) is 0 Å². The summed E-state index contributed by atoms with van der Waals surface area (Å²) in [6, 6.07) is 21.2. The highest BCUT2D eigenvalue weighted by Crippen LogP contribution is 2.31. The number of hydrogen-bond acceptors (Lipinski definition) is 5. The van der Waals surface area contributed by atoms with Gasteiger partial charge in [-0.05, 0) is 68.3 Å². The fraction of sp³-hybridized carbons (Fsp3) is 0.345. The second kappa shape index (κ2) is 9.37. The van der Waals surface area contributed by atoms with E-state index in [2.05, 4.69) is 71.5 Å². The number of benzene rings is 2. The van der Waals surface area contributed by atoms with Gasteiger partial charge in [0.1, 0.15) is 0 Å². The van der Waals surface area contributed by atoms with E-state index in [1.54, 1.807) is 12.1 Å². The highest BCUT2D eigenvalue weighted by molar-refractivity contribution is 7.90. The normalized spacial score (nSPS) is 17.3. The number of sulfone groups is 1. The molecule has 0 bridgehead atoms. The molecule has 2 aromatic heterocycles. The van der Waals surface area contributed by atoms with Gasteiger partial charge in [-0.25, -0.2) is 8.42 Å². The van der Waals surface area contributed by atoms with Crippen LogP contribution in [0.2, 0.25) is 0 Å². The Hall–Kier alpha value is -3.16. The third-order valence-electron chi connectivity index (χ3n) is 7.38. The lowest BCUT2D eigenvalue weighted by Gasteiger charge is -2.43. The number of aromatic nitrogens is 2. The number of hydrogen-bond donors (Lipinski definition) is 0. The summed E-state index contributed by atoms with van der Waals surface area (Å²) in [5, 5.41) is 0. The molecule has 4 aromatic rings. The average Bonchev–Trinajstić information content (AvgIpc) is 3.19. The molecule has 1 saturated heterocycles. The van der Waals surface area contributed by atoms with Crippen LogP contribution in [-0.4, -0.2) is 60.8 Å². The van der Waals surface area contributed by atoms with Gasteiger partial charge in [-0.15, -0.1) is 0 Å². The molecule has 1 aliphatic heterocycles. The molecule has 0 aliphatic carbocycles. The molecule has 36 heavy (non-hydrogen) atoms. The Balaban J connectivity index is 1.39. The van der Waals surface area contributed by atoms with Gasteiger partial charge < -0.3 is 9.47 Å². The minimum Gasteiger partial charge on any atom is -0.369 e. The van der Waals surface area contributed by atoms with E-state index in [-0.39, 0.29) is 0 Å². The zero-order chi connectivity index (χ0) is 25.6. The predicted molar refractivity (Wildman–Crippen MR) is 148 cm³/mol. The van der Waals surface area contributed by atoms with Crippen molar-refractivity contribution in [3.05, 3.63) is 66.9 Å². The van der Waals surface area contributed by atoms with E-state index < -0.39 is 9.84 Å². The van der Waals surface area contributed by atoms with Crippen LogP contribution in [0, 0.1) is 0 Å². The quantitative estimate of drug-likeness (QED) is 0.374. The first-order chi connectivity index (χ1) is 17.1. The Morgan fingerprint density at radius 1 is 0.917 bits per heavy atom. The molecule has 0 radical (unpaired) electrons. The van der Waals surface area contributed by atoms with Gasteiger partial charge in [-0.3, -0.25) is 9.88 Å². The maximum atomic E-state index is 11.8. The third kappa shape index (κ3) is 4.65. The van der Waals surface area contributed by atoms with E-state index in [1.807, 2.05) is 25.4 Å². The van der Waals surface area contributed by atoms with Crippen LogP contribution in [0.1, 0.15) is 20.8 Å². The number of anilines is 1. The molecule has 1 atom stereocenters. The summed E-state index contributed by atoms with van der Waals surface area (Å²) in [6.07, 6.45) is 3.15. The van der Waals surface area contributed by atoms with Gasteiger partial charge >= 0.3 is 0 Å². The number of rotatable bonds is 5. The molecule has 1 fully saturated rings. The molecule has 0 amide bonds. The molecule has 5 rings (SSSR count). The molecule has 0 spiro atoms. The molecule has 2 aromatic carbocycles. The van der Waals surface area contributed by atoms with Crippen LogP contribution in [0.25, 0.3) is 33.4 Å². The zero-order valence-corrected chi connectivity index (χ0v) is 22.5. The maximum Gasteiger partial charge on any atom is 0.175 e. The highest BCUT2D eigenvalue weighted by atomic mass is 32.2. The van der Waals surface area contributed by atoms with E-state index in [4.69, 9.17) is 4.98 Å². The van der Waals surface area contributed by atoms with Gasteiger partial charge in [0.25, 0.3) is 0 Å². The van der Waals surface area contributed by atoms with Gasteiger partial charge in [0.05, 0.1) is 21.6 Å². The van der Waals surface area contributed by atoms with Gasteiger partial charge in [0.15, 0.2) is 9.84 Å². The lowest BCUT2D eigenvalue weighted by atomic mass is 10.1. The van der Waals surface area contributed by atoms with Crippen molar-refractivity contribution in [2.24, 2.45) is 7.05 Å². The van der Waals surface area contributed by atoms with Crippen molar-refractivity contribution in [2.45, 2.75) is 37.8 Å². The summed E-state index contributed by atoms with van der Waals surface area (Å²) in [7, 11) is -1.19. The first kappa shape index (κ1) is 24.5. The number of pyridine rings is 1. The lowest BCUT2D eigenvalue weighted by molar-refractivity contribution is 0.148. The fourth-order valence-corrected chi connectivity index (χ4v) is 5.98. The predicted octanol–water partition coefficient (Wildman–Crippen LogP) is 5.23. The molecule has 188 valence electrons. The fourth-order valence-electron chi connectivity index (χ4n) is 5.35. The molecule has 1 aliphatic rings. The van der Waals surface area contributed by atoms with Gasteiger partial charge in [-0.1, -0.05) is 24.3 Å². The number of aryl methyl sites for hydroxylation is 1. The average molecular weight is 503 g/mol. The van der Waals surface area contributed by atoms with Crippen LogP contribution in [0.15, 0.2) is 71.8 Å². The second-order valence-corrected chi connectivity index (χ2v) is 12.2. The molecular formula is C29H34N4O2S. The topological polar surface area (TPSA) is 58.4 Å². The summed E-state index contributed by atoms with van der Waals surface area (Å²) in [5.74, 6) is 0. The van der Waals surface area contributed by atoms with Crippen LogP contribution in [0.5, 0.6) is 0 Å². The standard InChI is InChI=1S/C29H34N4O2S/c1-20(2)33-15-14-32(19-21(33)3)25-10-6-22(7-11-25)24-16-29-27(30-18-24)17-28(31(29)4)23-8-12-26(13-9-23)36(5,34)35/h6-13,16-18,20-21H,14-15,19H2,1-5H3/t21-/m0/s1. The maximum absolute atomic E-state index is 11.8. The summed E-state index contributed by atoms with van der Waals surface area (Å²) in [5.41, 5.74) is 7.39. The first-order valence-corrected chi connectivity index (χ1v) is 14.4. The Morgan fingerprint density at radius 2 is 1.58 bits per heavy atom. The van der Waals surface area contributed by atoms with Gasteiger partial charge in [0.2, 0.25) is 0 Å². The SMILES string of the molecule is CC(C)N1CCN(c2ccc(-c3cnc4cc(-c5ccc(S(C)(=O)=O)cc5)n(C)c4c3)cc2)C[C@@H]1C. The van der Waals surface area contributed by atoms with E-state index in [9.17, 15) is 8.42 Å². The van der Waals surface area contributed by atoms with E-state index in [0.717, 1.165) is 53.1 Å². The van der Waals surface area contributed by atoms with Crippen molar-refractivity contribution in [3.8, 4) is 22.4 Å². The van der Waals surface area contributed by atoms with Crippen LogP contribution in [0.3, 0.4) is 0 Å². The molecule has 7 heteroatoms. The van der Waals surface area contributed by atoms with E-state index in [1.165, 1.54) is 11.9 Å². The second-order valence-electron chi connectivity index (χ2n) is 10.2. The molecule has 3 heterocycles. The number of fused-ring (bicyclic) bond motifs is 1. The van der Waals surface area contributed by atoms with Crippen molar-refractivity contribution in [1.82, 2.24) is 14.5 Å². The molecule has 6 nitrogen and oxygen atoms in total. The summed E-state index contributed by atoms with van der Waals surface area (Å²) in [4.78, 5) is 10.1. The van der Waals surface area contributed by atoms with Crippen LogP contribution < -0.4 is 4.90 Å². The number of piperazine rings is 1.